The fourth-order valence-corrected chi connectivity index (χ4v) is 4.19. The number of nitrogens with one attached hydrogen (secondary N) is 1. The van der Waals surface area contributed by atoms with Crippen LogP contribution >= 0.6 is 0 Å². The number of ether oxygens (including phenoxy) is 1. The number of carbonyl (C=O) groups is 2. The predicted molar refractivity (Wildman–Crippen MR) is 128 cm³/mol. The third-order valence-corrected chi connectivity index (χ3v) is 6.14. The Bertz CT molecular complexity index is 1420. The normalized spacial score (nSPS) is 17.5. The van der Waals surface area contributed by atoms with Crippen LogP contribution in [0.15, 0.2) is 66.5 Å². The molecule has 2 N–H and O–H groups in total. The molecule has 8 nitrogen and oxygen atoms in total. The van der Waals surface area contributed by atoms with Gasteiger partial charge in [-0.3, -0.25) is 19.5 Å². The lowest BCUT2D eigenvalue weighted by Crippen LogP contribution is -2.30. The summed E-state index contributed by atoms with van der Waals surface area (Å²) >= 11 is 0. The molecular formula is C26H22N4O4. The van der Waals surface area contributed by atoms with Gasteiger partial charge in [0.15, 0.2) is 0 Å². The van der Waals surface area contributed by atoms with Crippen molar-refractivity contribution >= 4 is 34.4 Å². The number of aromatic nitrogens is 3. The summed E-state index contributed by atoms with van der Waals surface area (Å²) in [5, 5.41) is 11.1. The Kier molecular flexibility index (Phi) is 5.13. The molecule has 34 heavy (non-hydrogen) atoms. The number of hydrogen-bond acceptors (Lipinski definition) is 6. The van der Waals surface area contributed by atoms with Gasteiger partial charge in [-0.15, -0.1) is 0 Å². The maximum absolute atomic E-state index is 13.3. The van der Waals surface area contributed by atoms with E-state index in [-0.39, 0.29) is 17.3 Å². The van der Waals surface area contributed by atoms with Crippen LogP contribution < -0.4 is 9.64 Å². The van der Waals surface area contributed by atoms with Crippen molar-refractivity contribution in [1.82, 2.24) is 15.0 Å². The van der Waals surface area contributed by atoms with Crippen LogP contribution in [0.5, 0.6) is 5.75 Å². The standard InChI is InChI=1S/C26H22N4O4/c1-14-12-19-20(13-15(14)2)29-26(28-19)30-22(16-4-6-18(34-3)7-5-16)21(24(32)25(30)33)23(31)17-8-10-27-11-9-17/h4-13,22,31H,1-3H3,(H,28,29)/b23-21+. The van der Waals surface area contributed by atoms with Crippen molar-refractivity contribution in [3.05, 3.63) is 88.8 Å². The number of methoxy groups -OCH3 is 1. The van der Waals surface area contributed by atoms with Crippen molar-refractivity contribution in [3.8, 4) is 5.75 Å². The molecule has 170 valence electrons. The van der Waals surface area contributed by atoms with Gasteiger partial charge in [0.05, 0.1) is 29.8 Å². The average Bonchev–Trinajstić information content (AvgIpc) is 3.37. The lowest BCUT2D eigenvalue weighted by Gasteiger charge is -2.23. The molecule has 2 aromatic carbocycles. The minimum absolute atomic E-state index is 0.0193. The van der Waals surface area contributed by atoms with Crippen molar-refractivity contribution in [1.29, 1.82) is 0 Å². The number of imidazole rings is 1. The van der Waals surface area contributed by atoms with E-state index in [1.807, 2.05) is 26.0 Å². The Morgan fingerprint density at radius 2 is 1.71 bits per heavy atom. The van der Waals surface area contributed by atoms with Crippen LogP contribution in [0.25, 0.3) is 16.8 Å². The molecule has 5 rings (SSSR count). The molecular weight excluding hydrogens is 432 g/mol. The third kappa shape index (κ3) is 3.40. The first kappa shape index (κ1) is 21.4. The maximum atomic E-state index is 13.3. The van der Waals surface area contributed by atoms with E-state index < -0.39 is 17.7 Å². The smallest absolute Gasteiger partial charge is 0.302 e. The number of hydrogen-bond donors (Lipinski definition) is 2. The highest BCUT2D eigenvalue weighted by atomic mass is 16.5. The number of aromatic amines is 1. The lowest BCUT2D eigenvalue weighted by atomic mass is 9.95. The van der Waals surface area contributed by atoms with Crippen molar-refractivity contribution in [2.75, 3.05) is 12.0 Å². The zero-order valence-electron chi connectivity index (χ0n) is 18.9. The van der Waals surface area contributed by atoms with Gasteiger partial charge in [-0.05, 0) is 66.9 Å². The van der Waals surface area contributed by atoms with Gasteiger partial charge in [0.25, 0.3) is 5.78 Å². The molecule has 1 unspecified atom stereocenters. The van der Waals surface area contributed by atoms with E-state index in [9.17, 15) is 14.7 Å². The number of benzene rings is 2. The quantitative estimate of drug-likeness (QED) is 0.272. The first-order valence-corrected chi connectivity index (χ1v) is 10.7. The number of nitrogens with zero attached hydrogens (tertiary/aromatic N) is 3. The van der Waals surface area contributed by atoms with Crippen LogP contribution in [-0.4, -0.2) is 38.9 Å². The van der Waals surface area contributed by atoms with Crippen molar-refractivity contribution in [3.63, 3.8) is 0 Å². The lowest BCUT2D eigenvalue weighted by molar-refractivity contribution is -0.132. The number of aryl methyl sites for hydroxylation is 2. The Morgan fingerprint density at radius 1 is 1.03 bits per heavy atom. The molecule has 1 atom stereocenters. The second-order valence-electron chi connectivity index (χ2n) is 8.19. The number of carbonyl (C=O) groups excluding carboxylic acids is 2. The van der Waals surface area contributed by atoms with Crippen LogP contribution in [0.1, 0.15) is 28.3 Å². The zero-order chi connectivity index (χ0) is 24.0. The van der Waals surface area contributed by atoms with Gasteiger partial charge in [0, 0.05) is 18.0 Å². The van der Waals surface area contributed by atoms with Gasteiger partial charge >= 0.3 is 5.91 Å². The number of Topliss-reactive ketones (excluding diaryl/α,β-unsaturated/α-hetero) is 1. The fourth-order valence-electron chi connectivity index (χ4n) is 4.19. The Balaban J connectivity index is 1.73. The molecule has 2 aromatic heterocycles. The molecule has 4 aromatic rings. The second kappa shape index (κ2) is 8.15. The molecule has 0 spiro atoms. The summed E-state index contributed by atoms with van der Waals surface area (Å²) in [5.41, 5.74) is 4.58. The topological polar surface area (TPSA) is 108 Å². The zero-order valence-corrected chi connectivity index (χ0v) is 18.9. The van der Waals surface area contributed by atoms with Crippen LogP contribution in [0.4, 0.5) is 5.95 Å². The number of aliphatic hydroxyl groups excluding tert-OH is 1. The number of fused-ring (bicyclic) bond motifs is 1. The SMILES string of the molecule is COc1ccc(C2/C(=C(\O)c3ccncc3)C(=O)C(=O)N2c2nc3cc(C)c(C)cc3[nH]2)cc1. The summed E-state index contributed by atoms with van der Waals surface area (Å²) in [6.07, 6.45) is 3.02. The summed E-state index contributed by atoms with van der Waals surface area (Å²) in [7, 11) is 1.56. The van der Waals surface area contributed by atoms with Gasteiger partial charge in [-0.2, -0.15) is 0 Å². The molecule has 0 aliphatic carbocycles. The first-order chi connectivity index (χ1) is 16.4. The van der Waals surface area contributed by atoms with Gasteiger partial charge in [0.2, 0.25) is 5.95 Å². The van der Waals surface area contributed by atoms with Gasteiger partial charge in [0.1, 0.15) is 11.5 Å². The highest BCUT2D eigenvalue weighted by Crippen LogP contribution is 2.42. The minimum Gasteiger partial charge on any atom is -0.507 e. The van der Waals surface area contributed by atoms with Crippen LogP contribution in [-0.2, 0) is 9.59 Å². The summed E-state index contributed by atoms with van der Waals surface area (Å²) in [5.74, 6) is -0.972. The van der Waals surface area contributed by atoms with Crippen molar-refractivity contribution in [2.45, 2.75) is 19.9 Å². The Hall–Kier alpha value is -4.46. The molecule has 3 heterocycles. The molecule has 1 saturated heterocycles. The molecule has 8 heteroatoms. The van der Waals surface area contributed by atoms with E-state index >= 15 is 0 Å². The summed E-state index contributed by atoms with van der Waals surface area (Å²) in [6.45, 7) is 3.98. The van der Waals surface area contributed by atoms with Crippen LogP contribution in [0.2, 0.25) is 0 Å². The molecule has 1 aliphatic rings. The first-order valence-electron chi connectivity index (χ1n) is 10.7. The summed E-state index contributed by atoms with van der Waals surface area (Å²) < 4.78 is 5.26. The molecule has 1 fully saturated rings. The van der Waals surface area contributed by atoms with E-state index in [0.29, 0.717) is 22.4 Å². The highest BCUT2D eigenvalue weighted by molar-refractivity contribution is 6.51. The summed E-state index contributed by atoms with van der Waals surface area (Å²) in [4.78, 5) is 39.6. The fraction of sp³-hybridized carbons (Fsp3) is 0.154. The van der Waals surface area contributed by atoms with E-state index in [2.05, 4.69) is 15.0 Å². The second-order valence-corrected chi connectivity index (χ2v) is 8.19. The van der Waals surface area contributed by atoms with E-state index in [1.54, 1.807) is 43.5 Å². The average molecular weight is 454 g/mol. The largest absolute Gasteiger partial charge is 0.507 e. The number of rotatable bonds is 4. The number of anilines is 1. The van der Waals surface area contributed by atoms with Gasteiger partial charge < -0.3 is 14.8 Å². The van der Waals surface area contributed by atoms with Gasteiger partial charge in [-0.25, -0.2) is 4.98 Å². The number of pyridine rings is 1. The summed E-state index contributed by atoms with van der Waals surface area (Å²) in [6, 6.07) is 13.2. The van der Waals surface area contributed by atoms with Crippen LogP contribution in [0.3, 0.4) is 0 Å². The highest BCUT2D eigenvalue weighted by Gasteiger charge is 2.48. The Labute approximate surface area is 195 Å². The molecule has 1 aliphatic heterocycles. The number of H-pyrrole nitrogens is 1. The van der Waals surface area contributed by atoms with E-state index in [0.717, 1.165) is 16.6 Å². The number of ketones is 1. The van der Waals surface area contributed by atoms with E-state index in [4.69, 9.17) is 4.74 Å². The third-order valence-electron chi connectivity index (χ3n) is 6.14. The molecule has 0 bridgehead atoms. The predicted octanol–water partition coefficient (Wildman–Crippen LogP) is 4.21. The van der Waals surface area contributed by atoms with Crippen molar-refractivity contribution < 1.29 is 19.4 Å². The minimum atomic E-state index is -0.887. The monoisotopic (exact) mass is 454 g/mol. The molecule has 1 amide bonds. The van der Waals surface area contributed by atoms with Crippen molar-refractivity contribution in [2.24, 2.45) is 0 Å². The number of aliphatic hydroxyl groups is 1. The van der Waals surface area contributed by atoms with E-state index in [1.165, 1.54) is 17.3 Å². The maximum Gasteiger partial charge on any atom is 0.302 e. The number of amides is 1. The van der Waals surface area contributed by atoms with Crippen LogP contribution in [0, 0.1) is 13.8 Å². The molecule has 0 radical (unpaired) electrons. The van der Waals surface area contributed by atoms with Gasteiger partial charge in [-0.1, -0.05) is 12.1 Å². The molecule has 0 saturated carbocycles. The Morgan fingerprint density at radius 3 is 2.38 bits per heavy atom.